The predicted molar refractivity (Wildman–Crippen MR) is 108 cm³/mol. The average molecular weight is 406 g/mol. The molecule has 3 aromatic rings. The fraction of sp³-hybridized carbons (Fsp3) is 0.318. The first-order chi connectivity index (χ1) is 14.7. The Balaban J connectivity index is 1.19. The summed E-state index contributed by atoms with van der Waals surface area (Å²) in [6, 6.07) is 13.5. The van der Waals surface area contributed by atoms with Crippen LogP contribution in [-0.2, 0) is 6.54 Å². The maximum absolute atomic E-state index is 12.9. The van der Waals surface area contributed by atoms with E-state index in [1.807, 2.05) is 48.2 Å². The lowest BCUT2D eigenvalue weighted by Gasteiger charge is -2.34. The van der Waals surface area contributed by atoms with Gasteiger partial charge < -0.3 is 18.9 Å². The molecular formula is C22H22N4O4. The molecule has 1 amide bonds. The number of para-hydroxylation sites is 1. The van der Waals surface area contributed by atoms with Crippen LogP contribution in [0.15, 0.2) is 47.0 Å². The molecule has 0 N–H and O–H groups in total. The van der Waals surface area contributed by atoms with Crippen LogP contribution >= 0.6 is 0 Å². The number of nitrogens with zero attached hydrogens (tertiary/aromatic N) is 4. The van der Waals surface area contributed by atoms with Gasteiger partial charge in [0.25, 0.3) is 5.91 Å². The number of piperazine rings is 1. The molecule has 3 heterocycles. The van der Waals surface area contributed by atoms with Gasteiger partial charge in [0.2, 0.25) is 18.5 Å². The Bertz CT molecular complexity index is 1060. The summed E-state index contributed by atoms with van der Waals surface area (Å²) in [6.45, 7) is 5.49. The van der Waals surface area contributed by atoms with Gasteiger partial charge in [0.1, 0.15) is 0 Å². The van der Waals surface area contributed by atoms with Gasteiger partial charge in [-0.15, -0.1) is 0 Å². The van der Waals surface area contributed by atoms with E-state index in [0.717, 1.165) is 18.7 Å². The number of aromatic nitrogens is 2. The largest absolute Gasteiger partial charge is 0.454 e. The number of carbonyl (C=O) groups excluding carboxylic acids is 1. The first-order valence-electron chi connectivity index (χ1n) is 9.97. The van der Waals surface area contributed by atoms with Crippen molar-refractivity contribution in [3.63, 3.8) is 0 Å². The zero-order valence-corrected chi connectivity index (χ0v) is 16.7. The number of ether oxygens (including phenoxy) is 2. The molecule has 0 aliphatic carbocycles. The number of hydrogen-bond donors (Lipinski definition) is 0. The third-order valence-electron chi connectivity index (χ3n) is 5.42. The summed E-state index contributed by atoms with van der Waals surface area (Å²) in [5.74, 6) is 2.31. The normalized spacial score (nSPS) is 16.1. The number of amides is 1. The van der Waals surface area contributed by atoms with Crippen LogP contribution in [0.5, 0.6) is 11.5 Å². The van der Waals surface area contributed by atoms with Crippen molar-refractivity contribution in [3.05, 3.63) is 59.5 Å². The molecule has 1 fully saturated rings. The van der Waals surface area contributed by atoms with Crippen molar-refractivity contribution in [2.24, 2.45) is 0 Å². The number of hydrogen-bond acceptors (Lipinski definition) is 7. The number of fused-ring (bicyclic) bond motifs is 1. The van der Waals surface area contributed by atoms with Gasteiger partial charge in [-0.3, -0.25) is 9.69 Å². The highest BCUT2D eigenvalue weighted by Crippen LogP contribution is 2.36. The highest BCUT2D eigenvalue weighted by Gasteiger charge is 2.28. The zero-order valence-electron chi connectivity index (χ0n) is 16.7. The van der Waals surface area contributed by atoms with Crippen LogP contribution in [0.1, 0.15) is 21.8 Å². The van der Waals surface area contributed by atoms with Crippen molar-refractivity contribution in [2.75, 3.05) is 33.0 Å². The summed E-state index contributed by atoms with van der Waals surface area (Å²) >= 11 is 0. The Morgan fingerprint density at radius 3 is 2.63 bits per heavy atom. The van der Waals surface area contributed by atoms with E-state index in [2.05, 4.69) is 15.0 Å². The number of aryl methyl sites for hydroxylation is 1. The van der Waals surface area contributed by atoms with E-state index < -0.39 is 0 Å². The van der Waals surface area contributed by atoms with Crippen molar-refractivity contribution in [1.82, 2.24) is 19.9 Å². The molecule has 8 heteroatoms. The maximum Gasteiger partial charge on any atom is 0.257 e. The molecule has 0 saturated carbocycles. The summed E-state index contributed by atoms with van der Waals surface area (Å²) < 4.78 is 16.3. The number of benzene rings is 2. The van der Waals surface area contributed by atoms with Gasteiger partial charge in [-0.05, 0) is 19.1 Å². The molecule has 1 aromatic heterocycles. The van der Waals surface area contributed by atoms with E-state index in [9.17, 15) is 4.79 Å². The maximum atomic E-state index is 12.9. The Hall–Kier alpha value is -3.39. The van der Waals surface area contributed by atoms with Crippen LogP contribution in [0, 0.1) is 6.92 Å². The molecule has 1 saturated heterocycles. The molecule has 154 valence electrons. The second-order valence-corrected chi connectivity index (χ2v) is 7.49. The third-order valence-corrected chi connectivity index (χ3v) is 5.42. The predicted octanol–water partition coefficient (Wildman–Crippen LogP) is 2.73. The van der Waals surface area contributed by atoms with Gasteiger partial charge in [-0.1, -0.05) is 41.1 Å². The smallest absolute Gasteiger partial charge is 0.257 e. The lowest BCUT2D eigenvalue weighted by atomic mass is 10.1. The van der Waals surface area contributed by atoms with E-state index in [-0.39, 0.29) is 12.7 Å². The van der Waals surface area contributed by atoms with Gasteiger partial charge in [-0.2, -0.15) is 4.98 Å². The van der Waals surface area contributed by atoms with Crippen LogP contribution < -0.4 is 9.47 Å². The summed E-state index contributed by atoms with van der Waals surface area (Å²) in [5.41, 5.74) is 2.68. The second kappa shape index (κ2) is 7.79. The molecule has 2 aliphatic rings. The molecule has 2 aromatic carbocycles. The summed E-state index contributed by atoms with van der Waals surface area (Å²) in [4.78, 5) is 21.5. The molecule has 0 spiro atoms. The van der Waals surface area contributed by atoms with Crippen LogP contribution in [0.3, 0.4) is 0 Å². The molecule has 5 rings (SSSR count). The van der Waals surface area contributed by atoms with Gasteiger partial charge >= 0.3 is 0 Å². The Morgan fingerprint density at radius 2 is 1.83 bits per heavy atom. The molecular weight excluding hydrogens is 384 g/mol. The van der Waals surface area contributed by atoms with Crippen molar-refractivity contribution >= 4 is 5.91 Å². The van der Waals surface area contributed by atoms with Crippen molar-refractivity contribution in [2.45, 2.75) is 13.5 Å². The Kier molecular flexibility index (Phi) is 4.84. The van der Waals surface area contributed by atoms with E-state index >= 15 is 0 Å². The minimum atomic E-state index is -0.0311. The van der Waals surface area contributed by atoms with Gasteiger partial charge in [0.15, 0.2) is 11.5 Å². The standard InChI is InChI=1S/C22H22N4O4/c1-15-5-7-16(8-6-15)21-23-19(30-24-21)13-25-9-11-26(12-10-25)22(27)17-3-2-4-18-20(17)29-14-28-18/h2-8H,9-14H2,1H3. The van der Waals surface area contributed by atoms with Crippen molar-refractivity contribution in [3.8, 4) is 22.9 Å². The lowest BCUT2D eigenvalue weighted by Crippen LogP contribution is -2.48. The molecule has 0 atom stereocenters. The molecule has 8 nitrogen and oxygen atoms in total. The van der Waals surface area contributed by atoms with Gasteiger partial charge in [-0.25, -0.2) is 0 Å². The Morgan fingerprint density at radius 1 is 1.03 bits per heavy atom. The zero-order chi connectivity index (χ0) is 20.5. The first-order valence-corrected chi connectivity index (χ1v) is 9.97. The van der Waals surface area contributed by atoms with E-state index in [0.29, 0.717) is 48.4 Å². The highest BCUT2D eigenvalue weighted by molar-refractivity contribution is 5.98. The number of rotatable bonds is 4. The minimum Gasteiger partial charge on any atom is -0.454 e. The van der Waals surface area contributed by atoms with Gasteiger partial charge in [0, 0.05) is 31.7 Å². The third kappa shape index (κ3) is 3.61. The van der Waals surface area contributed by atoms with E-state index in [1.165, 1.54) is 5.56 Å². The van der Waals surface area contributed by atoms with Crippen LogP contribution in [0.25, 0.3) is 11.4 Å². The van der Waals surface area contributed by atoms with E-state index in [4.69, 9.17) is 14.0 Å². The molecule has 2 aliphatic heterocycles. The molecule has 0 bridgehead atoms. The molecule has 0 radical (unpaired) electrons. The van der Waals surface area contributed by atoms with Crippen LogP contribution in [-0.4, -0.2) is 58.8 Å². The highest BCUT2D eigenvalue weighted by atomic mass is 16.7. The SMILES string of the molecule is Cc1ccc(-c2noc(CN3CCN(C(=O)c4cccc5c4OCO5)CC3)n2)cc1. The van der Waals surface area contributed by atoms with Gasteiger partial charge in [0.05, 0.1) is 12.1 Å². The lowest BCUT2D eigenvalue weighted by molar-refractivity contribution is 0.0611. The topological polar surface area (TPSA) is 80.9 Å². The first kappa shape index (κ1) is 18.6. The monoisotopic (exact) mass is 406 g/mol. The molecule has 30 heavy (non-hydrogen) atoms. The van der Waals surface area contributed by atoms with E-state index in [1.54, 1.807) is 6.07 Å². The summed E-state index contributed by atoms with van der Waals surface area (Å²) in [5, 5.41) is 4.09. The fourth-order valence-corrected chi connectivity index (χ4v) is 3.71. The van der Waals surface area contributed by atoms with Crippen LogP contribution in [0.4, 0.5) is 0 Å². The van der Waals surface area contributed by atoms with Crippen LogP contribution in [0.2, 0.25) is 0 Å². The number of carbonyl (C=O) groups is 1. The second-order valence-electron chi connectivity index (χ2n) is 7.49. The Labute approximate surface area is 174 Å². The summed E-state index contributed by atoms with van der Waals surface area (Å²) in [6.07, 6.45) is 0. The summed E-state index contributed by atoms with van der Waals surface area (Å²) in [7, 11) is 0. The fourth-order valence-electron chi connectivity index (χ4n) is 3.71. The quantitative estimate of drug-likeness (QED) is 0.659. The molecule has 0 unspecified atom stereocenters. The average Bonchev–Trinajstić information content (AvgIpc) is 3.44. The van der Waals surface area contributed by atoms with Crippen molar-refractivity contribution < 1.29 is 18.8 Å². The van der Waals surface area contributed by atoms with Crippen molar-refractivity contribution in [1.29, 1.82) is 0 Å². The minimum absolute atomic E-state index is 0.0311.